The average Bonchev–Trinajstić information content (AvgIpc) is 2.47. The third kappa shape index (κ3) is 2.88. The Balaban J connectivity index is 1.87. The Bertz CT molecular complexity index is 684. The number of hydrogen-bond donors (Lipinski definition) is 1. The maximum atomic E-state index is 12.6. The molecule has 1 amide bonds. The second-order valence-electron chi connectivity index (χ2n) is 5.24. The molecule has 3 rings (SSSR count). The van der Waals surface area contributed by atoms with Crippen LogP contribution in [0.5, 0.6) is 5.75 Å². The summed E-state index contributed by atoms with van der Waals surface area (Å²) in [7, 11) is 0. The predicted octanol–water partition coefficient (Wildman–Crippen LogP) is 3.57. The van der Waals surface area contributed by atoms with Crippen molar-refractivity contribution in [1.29, 1.82) is 0 Å². The molecule has 0 fully saturated rings. The van der Waals surface area contributed by atoms with Crippen molar-refractivity contribution in [2.24, 2.45) is 0 Å². The topological polar surface area (TPSA) is 40.5 Å². The van der Waals surface area contributed by atoms with Crippen molar-refractivity contribution in [3.63, 3.8) is 0 Å². The number of phenolic OH excluding ortho intramolecular Hbond substituents is 1. The number of hydrogen-bond acceptors (Lipinski definition) is 2. The van der Waals surface area contributed by atoms with Gasteiger partial charge < -0.3 is 10.0 Å². The molecule has 0 unspecified atom stereocenters. The highest BCUT2D eigenvalue weighted by Crippen LogP contribution is 2.35. The molecule has 0 saturated carbocycles. The molecule has 1 heterocycles. The molecular formula is C17H16ClNO2. The van der Waals surface area contributed by atoms with Crippen LogP contribution in [0.25, 0.3) is 0 Å². The maximum Gasteiger partial charge on any atom is 0.231 e. The number of aryl methyl sites for hydroxylation is 1. The highest BCUT2D eigenvalue weighted by atomic mass is 35.5. The van der Waals surface area contributed by atoms with Gasteiger partial charge in [-0.25, -0.2) is 0 Å². The van der Waals surface area contributed by atoms with Gasteiger partial charge in [0.2, 0.25) is 5.91 Å². The summed E-state index contributed by atoms with van der Waals surface area (Å²) in [4.78, 5) is 14.3. The smallest absolute Gasteiger partial charge is 0.231 e. The van der Waals surface area contributed by atoms with Crippen LogP contribution in [0.1, 0.15) is 17.5 Å². The molecule has 108 valence electrons. The van der Waals surface area contributed by atoms with Crippen molar-refractivity contribution in [3.05, 3.63) is 58.6 Å². The molecule has 0 aliphatic carbocycles. The molecule has 1 aliphatic rings. The molecule has 3 nitrogen and oxygen atoms in total. The minimum absolute atomic E-state index is 0.0142. The molecule has 1 aliphatic heterocycles. The number of rotatable bonds is 2. The standard InChI is InChI=1S/C17H16ClNO2/c18-14-7-1-4-12(10-14)11-16(21)19-9-3-6-13-5-2-8-15(20)17(13)19/h1-2,4-5,7-8,10,20H,3,6,9,11H2. The fourth-order valence-corrected chi connectivity index (χ4v) is 3.01. The lowest BCUT2D eigenvalue weighted by Gasteiger charge is -2.30. The number of aromatic hydroxyl groups is 1. The molecule has 4 heteroatoms. The highest BCUT2D eigenvalue weighted by molar-refractivity contribution is 6.30. The van der Waals surface area contributed by atoms with E-state index < -0.39 is 0 Å². The number of carbonyl (C=O) groups is 1. The van der Waals surface area contributed by atoms with Crippen LogP contribution in [-0.2, 0) is 17.6 Å². The van der Waals surface area contributed by atoms with Gasteiger partial charge in [-0.2, -0.15) is 0 Å². The summed E-state index contributed by atoms with van der Waals surface area (Å²) in [6.07, 6.45) is 2.09. The molecule has 2 aromatic carbocycles. The van der Waals surface area contributed by atoms with E-state index >= 15 is 0 Å². The SMILES string of the molecule is O=C(Cc1cccc(Cl)c1)N1CCCc2cccc(O)c21. The van der Waals surface area contributed by atoms with Crippen LogP contribution in [0.2, 0.25) is 5.02 Å². The first-order valence-electron chi connectivity index (χ1n) is 7.01. The summed E-state index contributed by atoms with van der Waals surface area (Å²) < 4.78 is 0. The van der Waals surface area contributed by atoms with Gasteiger partial charge in [0.05, 0.1) is 12.1 Å². The van der Waals surface area contributed by atoms with Crippen molar-refractivity contribution in [3.8, 4) is 5.75 Å². The number of para-hydroxylation sites is 1. The third-order valence-corrected chi connectivity index (χ3v) is 3.98. The van der Waals surface area contributed by atoms with E-state index in [0.29, 0.717) is 17.3 Å². The van der Waals surface area contributed by atoms with E-state index in [2.05, 4.69) is 0 Å². The molecule has 0 aromatic heterocycles. The van der Waals surface area contributed by atoms with E-state index in [1.54, 1.807) is 23.1 Å². The van der Waals surface area contributed by atoms with Crippen molar-refractivity contribution in [2.45, 2.75) is 19.3 Å². The zero-order valence-electron chi connectivity index (χ0n) is 11.6. The van der Waals surface area contributed by atoms with E-state index in [-0.39, 0.29) is 18.1 Å². The summed E-state index contributed by atoms with van der Waals surface area (Å²) in [6.45, 7) is 0.643. The van der Waals surface area contributed by atoms with Gasteiger partial charge in [-0.1, -0.05) is 35.9 Å². The first kappa shape index (κ1) is 14.0. The quantitative estimate of drug-likeness (QED) is 0.921. The monoisotopic (exact) mass is 301 g/mol. The van der Waals surface area contributed by atoms with E-state index in [4.69, 9.17) is 11.6 Å². The van der Waals surface area contributed by atoms with Crippen molar-refractivity contribution >= 4 is 23.2 Å². The van der Waals surface area contributed by atoms with Gasteiger partial charge in [-0.05, 0) is 42.2 Å². The number of phenols is 1. The zero-order valence-corrected chi connectivity index (χ0v) is 12.3. The molecule has 0 atom stereocenters. The van der Waals surface area contributed by atoms with Crippen molar-refractivity contribution < 1.29 is 9.90 Å². The van der Waals surface area contributed by atoms with E-state index in [0.717, 1.165) is 24.0 Å². The largest absolute Gasteiger partial charge is 0.506 e. The van der Waals surface area contributed by atoms with Crippen LogP contribution < -0.4 is 4.90 Å². The Morgan fingerprint density at radius 3 is 2.86 bits per heavy atom. The predicted molar refractivity (Wildman–Crippen MR) is 83.9 cm³/mol. The van der Waals surface area contributed by atoms with Crippen LogP contribution in [0.3, 0.4) is 0 Å². The summed E-state index contributed by atoms with van der Waals surface area (Å²) in [6, 6.07) is 12.7. The molecule has 21 heavy (non-hydrogen) atoms. The first-order chi connectivity index (χ1) is 10.1. The lowest BCUT2D eigenvalue weighted by Crippen LogP contribution is -2.36. The van der Waals surface area contributed by atoms with Crippen LogP contribution in [0, 0.1) is 0 Å². The van der Waals surface area contributed by atoms with Crippen LogP contribution in [0.15, 0.2) is 42.5 Å². The Kier molecular flexibility index (Phi) is 3.84. The van der Waals surface area contributed by atoms with Gasteiger partial charge in [-0.15, -0.1) is 0 Å². The Hall–Kier alpha value is -2.00. The number of carbonyl (C=O) groups excluding carboxylic acids is 1. The van der Waals surface area contributed by atoms with Gasteiger partial charge in [0.25, 0.3) is 0 Å². The van der Waals surface area contributed by atoms with E-state index in [9.17, 15) is 9.90 Å². The van der Waals surface area contributed by atoms with Gasteiger partial charge in [-0.3, -0.25) is 4.79 Å². The summed E-state index contributed by atoms with van der Waals surface area (Å²) in [5.74, 6) is 0.159. The second-order valence-corrected chi connectivity index (χ2v) is 5.68. The van der Waals surface area contributed by atoms with Crippen LogP contribution in [0.4, 0.5) is 5.69 Å². The minimum Gasteiger partial charge on any atom is -0.506 e. The number of nitrogens with zero attached hydrogens (tertiary/aromatic N) is 1. The van der Waals surface area contributed by atoms with Gasteiger partial charge in [0.1, 0.15) is 5.75 Å². The molecule has 2 aromatic rings. The number of benzene rings is 2. The van der Waals surface area contributed by atoms with Gasteiger partial charge in [0, 0.05) is 11.6 Å². The summed E-state index contributed by atoms with van der Waals surface area (Å²) in [5, 5.41) is 10.7. The Labute approximate surface area is 128 Å². The molecule has 0 bridgehead atoms. The third-order valence-electron chi connectivity index (χ3n) is 3.74. The molecule has 0 spiro atoms. The van der Waals surface area contributed by atoms with E-state index in [1.807, 2.05) is 24.3 Å². The lowest BCUT2D eigenvalue weighted by atomic mass is 10.00. The summed E-state index contributed by atoms with van der Waals surface area (Å²) in [5.41, 5.74) is 2.58. The summed E-state index contributed by atoms with van der Waals surface area (Å²) >= 11 is 5.96. The molecule has 0 radical (unpaired) electrons. The normalized spacial score (nSPS) is 13.9. The number of amides is 1. The first-order valence-corrected chi connectivity index (χ1v) is 7.38. The highest BCUT2D eigenvalue weighted by Gasteiger charge is 2.25. The second kappa shape index (κ2) is 5.78. The minimum atomic E-state index is -0.0142. The number of halogens is 1. The van der Waals surface area contributed by atoms with E-state index in [1.165, 1.54) is 0 Å². The zero-order chi connectivity index (χ0) is 14.8. The average molecular weight is 302 g/mol. The fourth-order valence-electron chi connectivity index (χ4n) is 2.80. The molecule has 0 saturated heterocycles. The molecule has 1 N–H and O–H groups in total. The lowest BCUT2D eigenvalue weighted by molar-refractivity contribution is -0.118. The van der Waals surface area contributed by atoms with Crippen LogP contribution >= 0.6 is 11.6 Å². The Morgan fingerprint density at radius 2 is 2.05 bits per heavy atom. The Morgan fingerprint density at radius 1 is 1.24 bits per heavy atom. The van der Waals surface area contributed by atoms with Gasteiger partial charge in [0.15, 0.2) is 0 Å². The maximum absolute atomic E-state index is 12.6. The number of fused-ring (bicyclic) bond motifs is 1. The van der Waals surface area contributed by atoms with Crippen molar-refractivity contribution in [1.82, 2.24) is 0 Å². The van der Waals surface area contributed by atoms with Crippen LogP contribution in [-0.4, -0.2) is 17.6 Å². The molecular weight excluding hydrogens is 286 g/mol. The number of anilines is 1. The van der Waals surface area contributed by atoms with Gasteiger partial charge >= 0.3 is 0 Å². The van der Waals surface area contributed by atoms with Crippen molar-refractivity contribution in [2.75, 3.05) is 11.4 Å². The fraction of sp³-hybridized carbons (Fsp3) is 0.235.